The third kappa shape index (κ3) is 6.10. The Morgan fingerprint density at radius 3 is 2.65 bits per heavy atom. The van der Waals surface area contributed by atoms with Crippen LogP contribution in [0.25, 0.3) is 0 Å². The van der Waals surface area contributed by atoms with E-state index in [-0.39, 0.29) is 17.3 Å². The molecule has 0 aliphatic carbocycles. The standard InChI is InChI=1S/C11H12ClN3O3.C2H6/c12-10-6-9(15(16)17)3-4-11(10)18-7-8(14)2-1-5-13;1-2/h1-6H,7,13-14H2;1-2H3/b5-1-,8-2-;. The van der Waals surface area contributed by atoms with E-state index in [1.807, 2.05) is 13.8 Å². The number of halogens is 1. The number of hydrogen-bond acceptors (Lipinski definition) is 5. The van der Waals surface area contributed by atoms with Crippen molar-refractivity contribution >= 4 is 17.3 Å². The Bertz CT molecular complexity index is 502. The van der Waals surface area contributed by atoms with E-state index in [1.165, 1.54) is 24.4 Å². The van der Waals surface area contributed by atoms with E-state index in [0.29, 0.717) is 11.4 Å². The molecule has 0 saturated carbocycles. The monoisotopic (exact) mass is 299 g/mol. The van der Waals surface area contributed by atoms with Crippen LogP contribution in [0.2, 0.25) is 5.02 Å². The first-order chi connectivity index (χ1) is 9.54. The first kappa shape index (κ1) is 17.8. The normalized spacial score (nSPS) is 10.8. The van der Waals surface area contributed by atoms with Crippen molar-refractivity contribution in [3.63, 3.8) is 0 Å². The number of nitrogens with zero attached hydrogens (tertiary/aromatic N) is 1. The van der Waals surface area contributed by atoms with Gasteiger partial charge in [-0.25, -0.2) is 0 Å². The summed E-state index contributed by atoms with van der Waals surface area (Å²) in [5.74, 6) is 0.329. The van der Waals surface area contributed by atoms with Crippen LogP contribution in [0.15, 0.2) is 42.2 Å². The average molecular weight is 300 g/mol. The smallest absolute Gasteiger partial charge is 0.271 e. The number of benzene rings is 1. The minimum absolute atomic E-state index is 0.0954. The molecule has 0 saturated heterocycles. The summed E-state index contributed by atoms with van der Waals surface area (Å²) in [7, 11) is 0. The Balaban J connectivity index is 0.00000172. The van der Waals surface area contributed by atoms with Crippen LogP contribution in [0.4, 0.5) is 5.69 Å². The van der Waals surface area contributed by atoms with Gasteiger partial charge in [-0.3, -0.25) is 10.1 Å². The van der Waals surface area contributed by atoms with Crippen LogP contribution in [0, 0.1) is 10.1 Å². The minimum Gasteiger partial charge on any atom is -0.486 e. The third-order valence-corrected chi connectivity index (χ3v) is 2.24. The van der Waals surface area contributed by atoms with Gasteiger partial charge < -0.3 is 16.2 Å². The highest BCUT2D eigenvalue weighted by atomic mass is 35.5. The second kappa shape index (κ2) is 9.69. The Morgan fingerprint density at radius 1 is 1.50 bits per heavy atom. The van der Waals surface area contributed by atoms with Crippen LogP contribution in [-0.2, 0) is 0 Å². The maximum Gasteiger partial charge on any atom is 0.271 e. The maximum absolute atomic E-state index is 10.5. The molecule has 0 aliphatic rings. The number of non-ortho nitro benzene ring substituents is 1. The second-order valence-corrected chi connectivity index (χ2v) is 3.69. The van der Waals surface area contributed by atoms with Gasteiger partial charge in [-0.2, -0.15) is 0 Å². The number of rotatable bonds is 5. The van der Waals surface area contributed by atoms with Gasteiger partial charge in [-0.05, 0) is 24.4 Å². The lowest BCUT2D eigenvalue weighted by atomic mass is 10.3. The van der Waals surface area contributed by atoms with E-state index in [9.17, 15) is 10.1 Å². The molecule has 0 radical (unpaired) electrons. The van der Waals surface area contributed by atoms with Gasteiger partial charge in [0.1, 0.15) is 12.4 Å². The largest absolute Gasteiger partial charge is 0.486 e. The average Bonchev–Trinajstić information content (AvgIpc) is 2.45. The summed E-state index contributed by atoms with van der Waals surface area (Å²) in [5, 5.41) is 10.7. The number of allylic oxidation sites excluding steroid dienone is 2. The zero-order valence-electron chi connectivity index (χ0n) is 11.4. The molecule has 4 N–H and O–H groups in total. The van der Waals surface area contributed by atoms with Crippen LogP contribution < -0.4 is 16.2 Å². The fraction of sp³-hybridized carbons (Fsp3) is 0.231. The van der Waals surface area contributed by atoms with Crippen molar-refractivity contribution < 1.29 is 9.66 Å². The molecule has 1 aromatic rings. The summed E-state index contributed by atoms with van der Waals surface area (Å²) in [5.41, 5.74) is 11.1. The maximum atomic E-state index is 10.5. The van der Waals surface area contributed by atoms with Gasteiger partial charge >= 0.3 is 0 Å². The molecule has 1 aromatic carbocycles. The highest BCUT2D eigenvalue weighted by Crippen LogP contribution is 2.28. The van der Waals surface area contributed by atoms with Gasteiger partial charge in [0.05, 0.1) is 9.95 Å². The molecule has 0 amide bonds. The first-order valence-corrected chi connectivity index (χ1v) is 6.32. The zero-order valence-corrected chi connectivity index (χ0v) is 12.1. The molecule has 0 aromatic heterocycles. The number of nitro benzene ring substituents is 1. The lowest BCUT2D eigenvalue weighted by Crippen LogP contribution is -2.09. The lowest BCUT2D eigenvalue weighted by molar-refractivity contribution is -0.384. The topological polar surface area (TPSA) is 104 Å². The van der Waals surface area contributed by atoms with Crippen LogP contribution in [0.3, 0.4) is 0 Å². The number of nitrogens with two attached hydrogens (primary N) is 2. The lowest BCUT2D eigenvalue weighted by Gasteiger charge is -2.07. The molecule has 0 bridgehead atoms. The molecule has 1 rings (SSSR count). The van der Waals surface area contributed by atoms with Crippen LogP contribution in [0.1, 0.15) is 13.8 Å². The van der Waals surface area contributed by atoms with Crippen molar-refractivity contribution in [2.75, 3.05) is 6.61 Å². The van der Waals surface area contributed by atoms with Crippen LogP contribution in [-0.4, -0.2) is 11.5 Å². The van der Waals surface area contributed by atoms with E-state index in [2.05, 4.69) is 0 Å². The van der Waals surface area contributed by atoms with Gasteiger partial charge in [0.2, 0.25) is 0 Å². The Labute approximate surface area is 122 Å². The van der Waals surface area contributed by atoms with E-state index >= 15 is 0 Å². The summed E-state index contributed by atoms with van der Waals surface area (Å²) in [4.78, 5) is 9.97. The van der Waals surface area contributed by atoms with E-state index < -0.39 is 4.92 Å². The summed E-state index contributed by atoms with van der Waals surface area (Å²) in [6.45, 7) is 4.11. The fourth-order valence-electron chi connectivity index (χ4n) is 1.11. The van der Waals surface area contributed by atoms with Crippen molar-refractivity contribution in [3.8, 4) is 5.75 Å². The van der Waals surface area contributed by atoms with E-state index in [1.54, 1.807) is 12.2 Å². The molecule has 7 heteroatoms. The summed E-state index contributed by atoms with van der Waals surface area (Å²) >= 11 is 5.84. The van der Waals surface area contributed by atoms with Crippen LogP contribution >= 0.6 is 11.6 Å². The van der Waals surface area contributed by atoms with Crippen molar-refractivity contribution in [1.29, 1.82) is 0 Å². The van der Waals surface area contributed by atoms with Crippen molar-refractivity contribution in [3.05, 3.63) is 57.4 Å². The van der Waals surface area contributed by atoms with Crippen LogP contribution in [0.5, 0.6) is 5.75 Å². The molecule has 0 spiro atoms. The van der Waals surface area contributed by atoms with Gasteiger partial charge in [-0.1, -0.05) is 25.4 Å². The molecular formula is C13H18ClN3O3. The van der Waals surface area contributed by atoms with Crippen molar-refractivity contribution in [1.82, 2.24) is 0 Å². The summed E-state index contributed by atoms with van der Waals surface area (Å²) < 4.78 is 5.31. The molecular weight excluding hydrogens is 282 g/mol. The quantitative estimate of drug-likeness (QED) is 0.494. The summed E-state index contributed by atoms with van der Waals surface area (Å²) in [6, 6.07) is 3.95. The SMILES string of the molecule is CC.N/C=C\C=C(/N)COc1ccc([N+](=O)[O-])cc1Cl. The van der Waals surface area contributed by atoms with Gasteiger partial charge in [0.15, 0.2) is 0 Å². The Hall–Kier alpha value is -2.21. The molecule has 20 heavy (non-hydrogen) atoms. The zero-order chi connectivity index (χ0) is 15.5. The molecule has 6 nitrogen and oxygen atoms in total. The molecule has 0 unspecified atom stereocenters. The van der Waals surface area contributed by atoms with E-state index in [4.69, 9.17) is 27.8 Å². The summed E-state index contributed by atoms with van der Waals surface area (Å²) in [6.07, 6.45) is 4.49. The predicted molar refractivity (Wildman–Crippen MR) is 80.5 cm³/mol. The fourth-order valence-corrected chi connectivity index (χ4v) is 1.34. The van der Waals surface area contributed by atoms with Gasteiger partial charge in [0, 0.05) is 17.8 Å². The third-order valence-electron chi connectivity index (χ3n) is 1.94. The second-order valence-electron chi connectivity index (χ2n) is 3.29. The van der Waals surface area contributed by atoms with E-state index in [0.717, 1.165) is 0 Å². The minimum atomic E-state index is -0.532. The van der Waals surface area contributed by atoms with Crippen molar-refractivity contribution in [2.45, 2.75) is 13.8 Å². The Kier molecular flexibility index (Phi) is 8.61. The molecule has 110 valence electrons. The first-order valence-electron chi connectivity index (χ1n) is 5.94. The van der Waals surface area contributed by atoms with Gasteiger partial charge in [0.25, 0.3) is 5.69 Å². The van der Waals surface area contributed by atoms with Gasteiger partial charge in [-0.15, -0.1) is 0 Å². The molecule has 0 aliphatic heterocycles. The number of hydrogen-bond donors (Lipinski definition) is 2. The molecule has 0 heterocycles. The Morgan fingerprint density at radius 2 is 2.15 bits per heavy atom. The highest BCUT2D eigenvalue weighted by Gasteiger charge is 2.10. The van der Waals surface area contributed by atoms with Crippen molar-refractivity contribution in [2.24, 2.45) is 11.5 Å². The highest BCUT2D eigenvalue weighted by molar-refractivity contribution is 6.32. The molecule has 0 atom stereocenters. The predicted octanol–water partition coefficient (Wildman–Crippen LogP) is 2.97. The number of nitro groups is 1. The number of ether oxygens (including phenoxy) is 1. The molecule has 0 fully saturated rings.